The van der Waals surface area contributed by atoms with E-state index >= 15 is 0 Å². The van der Waals surface area contributed by atoms with Crippen LogP contribution in [0.5, 0.6) is 11.5 Å². The van der Waals surface area contributed by atoms with E-state index in [1.54, 1.807) is 6.07 Å². The number of carbonyl (C=O) groups excluding carboxylic acids is 1. The third kappa shape index (κ3) is 1.28. The van der Waals surface area contributed by atoms with Crippen LogP contribution in [0.15, 0.2) is 12.1 Å². The third-order valence-corrected chi connectivity index (χ3v) is 2.08. The highest BCUT2D eigenvalue weighted by molar-refractivity contribution is 5.94. The van der Waals surface area contributed by atoms with Crippen molar-refractivity contribution in [3.8, 4) is 11.5 Å². The van der Waals surface area contributed by atoms with E-state index < -0.39 is 5.97 Å². The highest BCUT2D eigenvalue weighted by Crippen LogP contribution is 2.32. The number of fused-ring (bicyclic) bond motifs is 1. The predicted octanol–water partition coefficient (Wildman–Crippen LogP) is 1.46. The van der Waals surface area contributed by atoms with Gasteiger partial charge in [0.25, 0.3) is 0 Å². The van der Waals surface area contributed by atoms with Crippen LogP contribution in [0.1, 0.15) is 22.8 Å². The average Bonchev–Trinajstić information content (AvgIpc) is 2.49. The molecular weight excluding hydrogens is 184 g/mol. The second-order valence-corrected chi connectivity index (χ2v) is 2.98. The van der Waals surface area contributed by atoms with Crippen molar-refractivity contribution in [2.45, 2.75) is 13.5 Å². The number of cyclic esters (lactones) is 1. The first kappa shape index (κ1) is 8.87. The molecule has 1 heterocycles. The van der Waals surface area contributed by atoms with E-state index in [1.165, 1.54) is 6.07 Å². The van der Waals surface area contributed by atoms with Gasteiger partial charge in [-0.25, -0.2) is 4.79 Å². The van der Waals surface area contributed by atoms with Crippen LogP contribution in [0.25, 0.3) is 0 Å². The Labute approximate surface area is 81.1 Å². The van der Waals surface area contributed by atoms with Gasteiger partial charge in [-0.3, -0.25) is 0 Å². The summed E-state index contributed by atoms with van der Waals surface area (Å²) in [5.41, 5.74) is 0.937. The van der Waals surface area contributed by atoms with Gasteiger partial charge in [0.1, 0.15) is 18.1 Å². The Kier molecular flexibility index (Phi) is 2.04. The van der Waals surface area contributed by atoms with Crippen molar-refractivity contribution in [3.63, 3.8) is 0 Å². The van der Waals surface area contributed by atoms with E-state index in [0.29, 0.717) is 23.5 Å². The lowest BCUT2D eigenvalue weighted by atomic mass is 10.1. The van der Waals surface area contributed by atoms with Gasteiger partial charge in [0, 0.05) is 11.6 Å². The number of benzene rings is 1. The molecule has 1 aromatic rings. The molecule has 4 nitrogen and oxygen atoms in total. The topological polar surface area (TPSA) is 55.8 Å². The van der Waals surface area contributed by atoms with E-state index in [2.05, 4.69) is 0 Å². The molecule has 0 radical (unpaired) electrons. The van der Waals surface area contributed by atoms with Crippen LogP contribution >= 0.6 is 0 Å². The molecule has 1 aliphatic heterocycles. The number of carbonyl (C=O) groups is 1. The summed E-state index contributed by atoms with van der Waals surface area (Å²) < 4.78 is 9.98. The fourth-order valence-corrected chi connectivity index (χ4v) is 1.43. The molecule has 4 heteroatoms. The van der Waals surface area contributed by atoms with Crippen molar-refractivity contribution in [2.75, 3.05) is 6.61 Å². The maximum atomic E-state index is 11.2. The summed E-state index contributed by atoms with van der Waals surface area (Å²) in [7, 11) is 0. The summed E-state index contributed by atoms with van der Waals surface area (Å²) in [6, 6.07) is 3.08. The molecule has 0 saturated carbocycles. The molecule has 0 unspecified atom stereocenters. The molecule has 0 saturated heterocycles. The Hall–Kier alpha value is -1.71. The summed E-state index contributed by atoms with van der Waals surface area (Å²) >= 11 is 0. The largest absolute Gasteiger partial charge is 0.507 e. The molecule has 0 amide bonds. The van der Waals surface area contributed by atoms with Gasteiger partial charge in [-0.2, -0.15) is 0 Å². The number of ether oxygens (including phenoxy) is 2. The van der Waals surface area contributed by atoms with Crippen LogP contribution in [0.3, 0.4) is 0 Å². The van der Waals surface area contributed by atoms with Crippen LogP contribution < -0.4 is 4.74 Å². The molecule has 74 valence electrons. The van der Waals surface area contributed by atoms with E-state index in [4.69, 9.17) is 9.47 Å². The van der Waals surface area contributed by atoms with Gasteiger partial charge in [0.2, 0.25) is 0 Å². The number of phenols is 1. The number of esters is 1. The van der Waals surface area contributed by atoms with Crippen molar-refractivity contribution < 1.29 is 19.4 Å². The second kappa shape index (κ2) is 3.21. The van der Waals surface area contributed by atoms with Crippen LogP contribution in [0, 0.1) is 0 Å². The number of rotatable bonds is 2. The molecule has 1 N–H and O–H groups in total. The minimum absolute atomic E-state index is 0.0526. The average molecular weight is 194 g/mol. The Morgan fingerprint density at radius 2 is 2.36 bits per heavy atom. The molecule has 1 aromatic carbocycles. The van der Waals surface area contributed by atoms with E-state index in [0.717, 1.165) is 0 Å². The van der Waals surface area contributed by atoms with Gasteiger partial charge in [0.05, 0.1) is 12.2 Å². The van der Waals surface area contributed by atoms with E-state index in [1.807, 2.05) is 6.92 Å². The molecule has 0 spiro atoms. The van der Waals surface area contributed by atoms with E-state index in [-0.39, 0.29) is 12.4 Å². The Morgan fingerprint density at radius 3 is 3.07 bits per heavy atom. The summed E-state index contributed by atoms with van der Waals surface area (Å²) in [6.45, 7) is 2.47. The van der Waals surface area contributed by atoms with Crippen molar-refractivity contribution in [3.05, 3.63) is 23.3 Å². The van der Waals surface area contributed by atoms with Crippen LogP contribution in [-0.4, -0.2) is 17.7 Å². The van der Waals surface area contributed by atoms with Crippen molar-refractivity contribution in [2.24, 2.45) is 0 Å². The van der Waals surface area contributed by atoms with Gasteiger partial charge in [-0.05, 0) is 13.0 Å². The summed E-state index contributed by atoms with van der Waals surface area (Å²) in [5.74, 6) is 0.135. The standard InChI is InChI=1S/C10H10O4/c1-2-13-6-3-7-8(9(11)4-6)5-14-10(7)12/h3-4,11H,2,5H2,1H3. The van der Waals surface area contributed by atoms with Gasteiger partial charge in [-0.15, -0.1) is 0 Å². The minimum atomic E-state index is -0.406. The van der Waals surface area contributed by atoms with Crippen LogP contribution in [0.2, 0.25) is 0 Å². The first-order valence-electron chi connectivity index (χ1n) is 4.38. The Bertz CT molecular complexity index is 384. The number of aromatic hydroxyl groups is 1. The van der Waals surface area contributed by atoms with E-state index in [9.17, 15) is 9.90 Å². The van der Waals surface area contributed by atoms with Gasteiger partial charge in [0.15, 0.2) is 0 Å². The third-order valence-electron chi connectivity index (χ3n) is 2.08. The highest BCUT2D eigenvalue weighted by atomic mass is 16.5. The van der Waals surface area contributed by atoms with Crippen molar-refractivity contribution >= 4 is 5.97 Å². The molecule has 0 bridgehead atoms. The molecule has 14 heavy (non-hydrogen) atoms. The second-order valence-electron chi connectivity index (χ2n) is 2.98. The zero-order chi connectivity index (χ0) is 10.1. The molecule has 2 rings (SSSR count). The summed E-state index contributed by atoms with van der Waals surface area (Å²) in [4.78, 5) is 11.2. The SMILES string of the molecule is CCOc1cc(O)c2c(c1)C(=O)OC2. The lowest BCUT2D eigenvalue weighted by Crippen LogP contribution is -1.96. The van der Waals surface area contributed by atoms with Crippen LogP contribution in [-0.2, 0) is 11.3 Å². The van der Waals surface area contributed by atoms with Gasteiger partial charge < -0.3 is 14.6 Å². The minimum Gasteiger partial charge on any atom is -0.507 e. The predicted molar refractivity (Wildman–Crippen MR) is 48.4 cm³/mol. The normalized spacial score (nSPS) is 13.6. The zero-order valence-corrected chi connectivity index (χ0v) is 7.74. The van der Waals surface area contributed by atoms with Crippen molar-refractivity contribution in [1.82, 2.24) is 0 Å². The first-order chi connectivity index (χ1) is 6.72. The lowest BCUT2D eigenvalue weighted by molar-refractivity contribution is 0.0534. The molecule has 0 fully saturated rings. The number of hydrogen-bond donors (Lipinski definition) is 1. The zero-order valence-electron chi connectivity index (χ0n) is 7.74. The number of phenolic OH excluding ortho intramolecular Hbond substituents is 1. The van der Waals surface area contributed by atoms with Crippen molar-refractivity contribution in [1.29, 1.82) is 0 Å². The first-order valence-corrected chi connectivity index (χ1v) is 4.38. The fraction of sp³-hybridized carbons (Fsp3) is 0.300. The summed E-state index contributed by atoms with van der Waals surface area (Å²) in [6.07, 6.45) is 0. The number of hydrogen-bond acceptors (Lipinski definition) is 4. The Balaban J connectivity index is 2.47. The lowest BCUT2D eigenvalue weighted by Gasteiger charge is -2.05. The maximum absolute atomic E-state index is 11.2. The van der Waals surface area contributed by atoms with Gasteiger partial charge in [-0.1, -0.05) is 0 Å². The molecule has 0 atom stereocenters. The maximum Gasteiger partial charge on any atom is 0.339 e. The van der Waals surface area contributed by atoms with Gasteiger partial charge >= 0.3 is 5.97 Å². The quantitative estimate of drug-likeness (QED) is 0.724. The Morgan fingerprint density at radius 1 is 1.57 bits per heavy atom. The fourth-order valence-electron chi connectivity index (χ4n) is 1.43. The molecule has 0 aliphatic carbocycles. The highest BCUT2D eigenvalue weighted by Gasteiger charge is 2.25. The smallest absolute Gasteiger partial charge is 0.339 e. The molecular formula is C10H10O4. The summed E-state index contributed by atoms with van der Waals surface area (Å²) in [5, 5.41) is 9.54. The monoisotopic (exact) mass is 194 g/mol. The molecule has 1 aliphatic rings. The van der Waals surface area contributed by atoms with Crippen LogP contribution in [0.4, 0.5) is 0 Å². The molecule has 0 aromatic heterocycles.